The summed E-state index contributed by atoms with van der Waals surface area (Å²) in [5, 5.41) is 12.2. The first-order chi connectivity index (χ1) is 17.7. The zero-order valence-corrected chi connectivity index (χ0v) is 21.0. The number of nitrogens with zero attached hydrogens (tertiary/aromatic N) is 3. The Bertz CT molecular complexity index is 1030. The van der Waals surface area contributed by atoms with Gasteiger partial charge in [0.15, 0.2) is 0 Å². The minimum atomic E-state index is -4.46. The Balaban J connectivity index is 0.000000568. The van der Waals surface area contributed by atoms with Crippen LogP contribution < -0.4 is 15.0 Å². The highest BCUT2D eigenvalue weighted by Crippen LogP contribution is 2.32. The topological polar surface area (TPSA) is 96.4 Å². The number of hydrogen-bond donors (Lipinski definition) is 2. The number of hydrogen-bond acceptors (Lipinski definition) is 7. The highest BCUT2D eigenvalue weighted by molar-refractivity contribution is 5.90. The van der Waals surface area contributed by atoms with Gasteiger partial charge in [0.25, 0.3) is 0 Å². The van der Waals surface area contributed by atoms with E-state index in [1.165, 1.54) is 0 Å². The Morgan fingerprint density at radius 1 is 1.14 bits per heavy atom. The number of aliphatic hydroxyl groups excluding tert-OH is 1. The van der Waals surface area contributed by atoms with Crippen molar-refractivity contribution >= 4 is 17.5 Å². The number of nitrogens with one attached hydrogen (secondary N) is 1. The molecule has 0 unspecified atom stereocenters. The lowest BCUT2D eigenvalue weighted by Gasteiger charge is -2.28. The second-order valence-corrected chi connectivity index (χ2v) is 8.53. The van der Waals surface area contributed by atoms with E-state index in [1.807, 2.05) is 42.2 Å². The van der Waals surface area contributed by atoms with Crippen LogP contribution >= 0.6 is 0 Å². The number of carbonyl (C=O) groups is 1. The number of rotatable bonds is 6. The molecule has 2 aliphatic rings. The summed E-state index contributed by atoms with van der Waals surface area (Å²) >= 11 is 0. The van der Waals surface area contributed by atoms with E-state index in [1.54, 1.807) is 0 Å². The summed E-state index contributed by atoms with van der Waals surface area (Å²) in [4.78, 5) is 21.2. The van der Waals surface area contributed by atoms with E-state index in [9.17, 15) is 18.0 Å². The van der Waals surface area contributed by atoms with Crippen molar-refractivity contribution in [3.8, 4) is 17.0 Å². The number of benzene rings is 1. The van der Waals surface area contributed by atoms with Crippen LogP contribution in [0.15, 0.2) is 30.3 Å². The average molecular weight is 527 g/mol. The molecule has 12 heteroatoms. The van der Waals surface area contributed by atoms with Gasteiger partial charge in [-0.2, -0.15) is 4.98 Å². The molecule has 2 aliphatic heterocycles. The van der Waals surface area contributed by atoms with E-state index >= 15 is 0 Å². The number of methoxy groups -OCH3 is 1. The fourth-order valence-corrected chi connectivity index (χ4v) is 3.96. The lowest BCUT2D eigenvalue weighted by molar-refractivity contribution is -0.311. The lowest BCUT2D eigenvalue weighted by atomic mass is 10.0. The smallest absolute Gasteiger partial charge is 0.475 e. The third kappa shape index (κ3) is 8.76. The molecule has 0 aliphatic carbocycles. The zero-order valence-electron chi connectivity index (χ0n) is 21.0. The highest BCUT2D eigenvalue weighted by Gasteiger charge is 2.26. The summed E-state index contributed by atoms with van der Waals surface area (Å²) in [5.41, 5.74) is 3.82. The number of anilines is 2. The predicted octanol–water partition coefficient (Wildman–Crippen LogP) is 4.05. The second kappa shape index (κ2) is 13.5. The maximum Gasteiger partial charge on any atom is 0.522 e. The molecule has 2 N–H and O–H groups in total. The third-order valence-electron chi connectivity index (χ3n) is 5.89. The van der Waals surface area contributed by atoms with Gasteiger partial charge < -0.3 is 29.7 Å². The first kappa shape index (κ1) is 28.5. The predicted molar refractivity (Wildman–Crippen MR) is 133 cm³/mol. The van der Waals surface area contributed by atoms with Gasteiger partial charge in [-0.25, -0.2) is 4.79 Å². The van der Waals surface area contributed by atoms with Crippen LogP contribution in [-0.4, -0.2) is 87.1 Å². The van der Waals surface area contributed by atoms with Crippen LogP contribution in [0.1, 0.15) is 18.4 Å². The monoisotopic (exact) mass is 526 g/mol. The first-order valence-corrected chi connectivity index (χ1v) is 12.1. The van der Waals surface area contributed by atoms with Crippen molar-refractivity contribution in [1.29, 1.82) is 0 Å². The fourth-order valence-electron chi connectivity index (χ4n) is 3.96. The molecule has 2 amide bonds. The summed E-state index contributed by atoms with van der Waals surface area (Å²) in [7, 11) is 0.583. The molecular formula is C25H33F3N4O5. The van der Waals surface area contributed by atoms with Crippen molar-refractivity contribution in [2.24, 2.45) is 0 Å². The number of aliphatic hydroxyl groups is 1. The Kier molecular flexibility index (Phi) is 10.4. The highest BCUT2D eigenvalue weighted by atomic mass is 19.4. The van der Waals surface area contributed by atoms with Gasteiger partial charge in [-0.1, -0.05) is 6.07 Å². The van der Waals surface area contributed by atoms with Crippen LogP contribution in [0, 0.1) is 6.92 Å². The molecule has 0 radical (unpaired) electrons. The normalized spacial score (nSPS) is 15.7. The van der Waals surface area contributed by atoms with Crippen molar-refractivity contribution < 1.29 is 37.3 Å². The van der Waals surface area contributed by atoms with Gasteiger partial charge in [-0.3, -0.25) is 4.74 Å². The van der Waals surface area contributed by atoms with Crippen LogP contribution in [0.5, 0.6) is 5.88 Å². The van der Waals surface area contributed by atoms with E-state index in [-0.39, 0.29) is 19.2 Å². The third-order valence-corrected chi connectivity index (χ3v) is 5.89. The molecule has 2 aromatic rings. The minimum absolute atomic E-state index is 0.0528. The Morgan fingerprint density at radius 3 is 2.43 bits per heavy atom. The summed E-state index contributed by atoms with van der Waals surface area (Å²) in [5.74, 6) is 1.29. The fraction of sp³-hybridized carbons (Fsp3) is 0.520. The van der Waals surface area contributed by atoms with E-state index in [0.717, 1.165) is 67.2 Å². The Hall–Kier alpha value is -3.09. The molecule has 3 heterocycles. The van der Waals surface area contributed by atoms with Gasteiger partial charge in [0.05, 0.1) is 19.8 Å². The van der Waals surface area contributed by atoms with Gasteiger partial charge in [-0.05, 0) is 54.7 Å². The summed E-state index contributed by atoms with van der Waals surface area (Å²) in [6.45, 7) is 6.63. The van der Waals surface area contributed by atoms with Crippen LogP contribution in [-0.2, 0) is 9.47 Å². The number of aromatic nitrogens is 1. The number of amides is 2. The Morgan fingerprint density at radius 2 is 1.81 bits per heavy atom. The van der Waals surface area contributed by atoms with E-state index in [4.69, 9.17) is 14.6 Å². The molecule has 1 aromatic carbocycles. The Labute approximate surface area is 214 Å². The maximum atomic E-state index is 12.5. The van der Waals surface area contributed by atoms with Gasteiger partial charge in [-0.15, -0.1) is 13.2 Å². The maximum absolute atomic E-state index is 12.5. The summed E-state index contributed by atoms with van der Waals surface area (Å²) in [6.07, 6.45) is -2.34. The van der Waals surface area contributed by atoms with Gasteiger partial charge in [0, 0.05) is 45.0 Å². The molecule has 1 aromatic heterocycles. The van der Waals surface area contributed by atoms with Crippen molar-refractivity contribution in [3.63, 3.8) is 0 Å². The second-order valence-electron chi connectivity index (χ2n) is 8.53. The number of pyridine rings is 1. The standard InChI is InChI=1S/C23H30N4O4.C2H3F3O/c1-17-4-5-19(24-23(29)27-6-2-3-7-27)16-20(17)18-14-21(26-8-11-30-12-9-26)25-22(15-18)31-13-10-28;1-6-2(3,4)5/h4-5,14-16,28H,2-3,6-13H2,1H3,(H,24,29);1H3. The summed E-state index contributed by atoms with van der Waals surface area (Å²) < 4.78 is 45.7. The average Bonchev–Trinajstić information content (AvgIpc) is 3.44. The molecule has 0 saturated carbocycles. The molecule has 9 nitrogen and oxygen atoms in total. The van der Waals surface area contributed by atoms with E-state index in [2.05, 4.69) is 19.9 Å². The number of aryl methyl sites for hydroxylation is 1. The lowest BCUT2D eigenvalue weighted by Crippen LogP contribution is -2.36. The first-order valence-electron chi connectivity index (χ1n) is 12.1. The molecule has 0 bridgehead atoms. The number of urea groups is 1. The molecule has 0 atom stereocenters. The van der Waals surface area contributed by atoms with Crippen LogP contribution in [0.3, 0.4) is 0 Å². The largest absolute Gasteiger partial charge is 0.522 e. The van der Waals surface area contributed by atoms with Crippen LogP contribution in [0.2, 0.25) is 0 Å². The molecule has 0 spiro atoms. The molecule has 2 saturated heterocycles. The zero-order chi connectivity index (χ0) is 26.8. The van der Waals surface area contributed by atoms with E-state index in [0.29, 0.717) is 26.2 Å². The molecule has 204 valence electrons. The molecule has 4 rings (SSSR count). The van der Waals surface area contributed by atoms with Crippen molar-refractivity contribution in [2.45, 2.75) is 26.1 Å². The number of likely N-dealkylation sites (tertiary alicyclic amines) is 1. The van der Waals surface area contributed by atoms with Crippen molar-refractivity contribution in [2.75, 3.05) is 69.9 Å². The van der Waals surface area contributed by atoms with Crippen molar-refractivity contribution in [1.82, 2.24) is 9.88 Å². The SMILES string of the molecule is COC(F)(F)F.Cc1ccc(NC(=O)N2CCCC2)cc1-c1cc(OCCO)nc(N2CCOCC2)c1. The number of carbonyl (C=O) groups excluding carboxylic acids is 1. The van der Waals surface area contributed by atoms with Crippen LogP contribution in [0.25, 0.3) is 11.1 Å². The van der Waals surface area contributed by atoms with Gasteiger partial charge in [0.2, 0.25) is 5.88 Å². The van der Waals surface area contributed by atoms with Gasteiger partial charge >= 0.3 is 12.4 Å². The van der Waals surface area contributed by atoms with Crippen molar-refractivity contribution in [3.05, 3.63) is 35.9 Å². The molecule has 2 fully saturated rings. The molecular weight excluding hydrogens is 493 g/mol. The summed E-state index contributed by atoms with van der Waals surface area (Å²) in [6, 6.07) is 9.82. The molecule has 37 heavy (non-hydrogen) atoms. The quantitative estimate of drug-likeness (QED) is 0.587. The number of ether oxygens (including phenoxy) is 3. The van der Waals surface area contributed by atoms with E-state index < -0.39 is 6.36 Å². The van der Waals surface area contributed by atoms with Crippen LogP contribution in [0.4, 0.5) is 29.5 Å². The van der Waals surface area contributed by atoms with Gasteiger partial charge in [0.1, 0.15) is 12.4 Å². The number of alkyl halides is 3. The number of morpholine rings is 1. The minimum Gasteiger partial charge on any atom is -0.475 e. The number of halogens is 3.